The molecule has 0 aliphatic heterocycles. The van der Waals surface area contributed by atoms with Crippen molar-refractivity contribution in [3.05, 3.63) is 65.0 Å². The van der Waals surface area contributed by atoms with E-state index in [1.54, 1.807) is 17.5 Å². The van der Waals surface area contributed by atoms with Crippen LogP contribution in [0.25, 0.3) is 22.2 Å². The van der Waals surface area contributed by atoms with E-state index in [2.05, 4.69) is 38.4 Å². The topological polar surface area (TPSA) is 74.9 Å². The summed E-state index contributed by atoms with van der Waals surface area (Å²) in [5.41, 5.74) is 2.09. The van der Waals surface area contributed by atoms with Crippen LogP contribution in [0.2, 0.25) is 0 Å². The molecule has 4 rings (SSSR count). The monoisotopic (exact) mass is 470 g/mol. The summed E-state index contributed by atoms with van der Waals surface area (Å²) in [6.07, 6.45) is 2.52. The zero-order chi connectivity index (χ0) is 20.3. The lowest BCUT2D eigenvalue weighted by Crippen LogP contribution is -2.37. The van der Waals surface area contributed by atoms with Gasteiger partial charge < -0.3 is 9.90 Å². The molecular formula is C17H10BrF3N4O2S. The molecule has 4 aromatic rings. The zero-order valence-corrected chi connectivity index (χ0v) is 16.2. The van der Waals surface area contributed by atoms with E-state index in [0.717, 1.165) is 26.6 Å². The van der Waals surface area contributed by atoms with Crippen LogP contribution in [0, 0.1) is 0 Å². The van der Waals surface area contributed by atoms with Gasteiger partial charge in [0.25, 0.3) is 5.13 Å². The number of fused-ring (bicyclic) bond motifs is 1. The van der Waals surface area contributed by atoms with E-state index >= 15 is 0 Å². The van der Waals surface area contributed by atoms with Crippen LogP contribution in [0.5, 0.6) is 0 Å². The van der Waals surface area contributed by atoms with Gasteiger partial charge in [-0.25, -0.2) is 9.38 Å². The molecule has 0 spiro atoms. The van der Waals surface area contributed by atoms with Crippen molar-refractivity contribution in [2.75, 3.05) is 0 Å². The average Bonchev–Trinajstić information content (AvgIpc) is 3.29. The molecular weight excluding hydrogens is 461 g/mol. The molecule has 0 bridgehead atoms. The van der Waals surface area contributed by atoms with Gasteiger partial charge in [-0.2, -0.15) is 17.7 Å². The number of hydrogen-bond donors (Lipinski definition) is 0. The van der Waals surface area contributed by atoms with Crippen molar-refractivity contribution in [3.63, 3.8) is 0 Å². The van der Waals surface area contributed by atoms with Crippen LogP contribution in [0.1, 0.15) is 0 Å². The Morgan fingerprint density at radius 2 is 1.89 bits per heavy atom. The van der Waals surface area contributed by atoms with Crippen molar-refractivity contribution >= 4 is 39.0 Å². The predicted octanol–water partition coefficient (Wildman–Crippen LogP) is 2.80. The van der Waals surface area contributed by atoms with Gasteiger partial charge in [0.05, 0.1) is 11.9 Å². The summed E-state index contributed by atoms with van der Waals surface area (Å²) < 4.78 is 36.6. The second-order valence-electron chi connectivity index (χ2n) is 5.30. The van der Waals surface area contributed by atoms with Gasteiger partial charge in [0, 0.05) is 21.5 Å². The number of carbonyl (C=O) groups is 1. The Bertz CT molecular complexity index is 1110. The first-order valence-corrected chi connectivity index (χ1v) is 9.26. The van der Waals surface area contributed by atoms with E-state index in [4.69, 9.17) is 14.9 Å². The van der Waals surface area contributed by atoms with Gasteiger partial charge in [0.15, 0.2) is 0 Å². The maximum atomic E-state index is 10.5. The number of carboxylic acids is 1. The maximum Gasteiger partial charge on any atom is 0.430 e. The Morgan fingerprint density at radius 3 is 2.54 bits per heavy atom. The van der Waals surface area contributed by atoms with Gasteiger partial charge in [-0.1, -0.05) is 44.4 Å². The smallest absolute Gasteiger partial charge is 0.430 e. The fourth-order valence-electron chi connectivity index (χ4n) is 2.16. The number of carbonyl (C=O) groups excluding carboxylic acids is 1. The molecule has 3 aromatic heterocycles. The maximum absolute atomic E-state index is 10.5. The van der Waals surface area contributed by atoms with E-state index in [0.29, 0.717) is 0 Å². The summed E-state index contributed by atoms with van der Waals surface area (Å²) in [6, 6.07) is 10.1. The summed E-state index contributed by atoms with van der Waals surface area (Å²) in [5, 5.41) is 11.8. The molecule has 0 aliphatic rings. The van der Waals surface area contributed by atoms with Gasteiger partial charge in [-0.15, -0.1) is 0 Å². The Balaban J connectivity index is 0.000000279. The van der Waals surface area contributed by atoms with Crippen molar-refractivity contribution in [3.8, 4) is 16.4 Å². The highest BCUT2D eigenvalue weighted by molar-refractivity contribution is 9.10. The number of benzene rings is 1. The summed E-state index contributed by atoms with van der Waals surface area (Å²) >= 11 is 5.06. The highest BCUT2D eigenvalue weighted by atomic mass is 79.9. The number of carboxylic acid groups (broad SMARTS) is 1. The molecule has 0 saturated carbocycles. The number of alkyl halides is 3. The number of rotatable bonds is 2. The average molecular weight is 471 g/mol. The molecule has 0 saturated heterocycles. The molecule has 0 unspecified atom stereocenters. The molecule has 6 nitrogen and oxygen atoms in total. The van der Waals surface area contributed by atoms with Crippen LogP contribution < -0.4 is 9.51 Å². The number of aromatic nitrogens is 4. The molecule has 0 amide bonds. The third kappa shape index (κ3) is 4.54. The van der Waals surface area contributed by atoms with Crippen LogP contribution >= 0.6 is 27.3 Å². The normalized spacial score (nSPS) is 11.1. The second-order valence-corrected chi connectivity index (χ2v) is 7.05. The molecule has 28 heavy (non-hydrogen) atoms. The summed E-state index contributed by atoms with van der Waals surface area (Å²) in [6.45, 7) is 0. The predicted molar refractivity (Wildman–Crippen MR) is 96.6 cm³/mol. The lowest BCUT2D eigenvalue weighted by molar-refractivity contribution is -0.513. The Labute approximate surface area is 168 Å². The first kappa shape index (κ1) is 20.0. The minimum atomic E-state index is -5.19. The lowest BCUT2D eigenvalue weighted by atomic mass is 10.2. The van der Waals surface area contributed by atoms with Crippen LogP contribution in [0.3, 0.4) is 0 Å². The minimum Gasteiger partial charge on any atom is -0.542 e. The fraction of sp³-hybridized carbons (Fsp3) is 0.0588. The molecule has 0 atom stereocenters. The molecule has 1 aromatic carbocycles. The van der Waals surface area contributed by atoms with Crippen LogP contribution in [0.15, 0.2) is 65.0 Å². The quantitative estimate of drug-likeness (QED) is 0.422. The van der Waals surface area contributed by atoms with Gasteiger partial charge in [-0.05, 0) is 12.1 Å². The van der Waals surface area contributed by atoms with Crippen molar-refractivity contribution in [2.45, 2.75) is 6.18 Å². The number of thiazole rings is 1. The van der Waals surface area contributed by atoms with E-state index < -0.39 is 12.1 Å². The Morgan fingerprint density at radius 1 is 1.21 bits per heavy atom. The van der Waals surface area contributed by atoms with Crippen LogP contribution in [-0.2, 0) is 4.79 Å². The first-order chi connectivity index (χ1) is 13.3. The summed E-state index contributed by atoms with van der Waals surface area (Å²) in [7, 11) is 0. The largest absolute Gasteiger partial charge is 0.542 e. The van der Waals surface area contributed by atoms with Gasteiger partial charge >= 0.3 is 12.0 Å². The molecule has 144 valence electrons. The number of halogens is 4. The van der Waals surface area contributed by atoms with Crippen LogP contribution in [-0.4, -0.2) is 26.7 Å². The highest BCUT2D eigenvalue weighted by Crippen LogP contribution is 2.25. The highest BCUT2D eigenvalue weighted by Gasteiger charge is 2.28. The molecule has 11 heteroatoms. The number of aliphatic carboxylic acids is 1. The third-order valence-electron chi connectivity index (χ3n) is 3.42. The van der Waals surface area contributed by atoms with Crippen molar-refractivity contribution < 1.29 is 27.5 Å². The lowest BCUT2D eigenvalue weighted by Gasteiger charge is -2.03. The number of imidazole rings is 1. The fourth-order valence-corrected chi connectivity index (χ4v) is 3.24. The van der Waals surface area contributed by atoms with E-state index in [9.17, 15) is 13.2 Å². The third-order valence-corrected chi connectivity index (χ3v) is 4.78. The van der Waals surface area contributed by atoms with E-state index in [-0.39, 0.29) is 0 Å². The van der Waals surface area contributed by atoms with E-state index in [1.165, 1.54) is 0 Å². The molecule has 0 radical (unpaired) electrons. The standard InChI is InChI=1S/C15H10BrN4S.C2HF3O2/c16-12-4-2-11(3-5-12)13-10-21-15(18-13)20-9-8-19-7-1-6-17-14(19)20;3-2(4,5)1(6)7/h1-10H;(H,6,7)/q+1;/p-1. The first-order valence-electron chi connectivity index (χ1n) is 7.59. The molecule has 0 aliphatic carbocycles. The Hall–Kier alpha value is -2.79. The van der Waals surface area contributed by atoms with Crippen molar-refractivity contribution in [1.82, 2.24) is 14.5 Å². The molecule has 0 fully saturated rings. The van der Waals surface area contributed by atoms with Crippen molar-refractivity contribution in [2.24, 2.45) is 0 Å². The summed E-state index contributed by atoms with van der Waals surface area (Å²) in [4.78, 5) is 17.9. The van der Waals surface area contributed by atoms with Gasteiger partial charge in [-0.3, -0.25) is 0 Å². The zero-order valence-electron chi connectivity index (χ0n) is 13.8. The summed E-state index contributed by atoms with van der Waals surface area (Å²) in [5.74, 6) is -2.15. The molecule has 3 heterocycles. The Kier molecular flexibility index (Phi) is 5.75. The second kappa shape index (κ2) is 8.07. The van der Waals surface area contributed by atoms with E-state index in [1.807, 2.05) is 45.8 Å². The minimum absolute atomic E-state index is 0.856. The molecule has 0 N–H and O–H groups in total. The number of hydrogen-bond acceptors (Lipinski definition) is 5. The van der Waals surface area contributed by atoms with Crippen LogP contribution in [0.4, 0.5) is 13.2 Å². The van der Waals surface area contributed by atoms with Gasteiger partial charge in [0.1, 0.15) is 24.6 Å². The number of nitrogens with zero attached hydrogens (tertiary/aromatic N) is 4. The van der Waals surface area contributed by atoms with Crippen molar-refractivity contribution in [1.29, 1.82) is 0 Å². The SMILES string of the molecule is Brc1ccc(-c2csc(-n3cc[n+]4cccnc34)n2)cc1.O=C([O-])C(F)(F)F. The van der Waals surface area contributed by atoms with Gasteiger partial charge in [0.2, 0.25) is 0 Å².